The molecule has 24 heavy (non-hydrogen) atoms. The third-order valence-corrected chi connectivity index (χ3v) is 6.24. The maximum absolute atomic E-state index is 12.7. The molecule has 3 rings (SSSR count). The van der Waals surface area contributed by atoms with Crippen LogP contribution >= 0.6 is 0 Å². The molecule has 1 aliphatic carbocycles. The molecule has 1 atom stereocenters. The Morgan fingerprint density at radius 3 is 2.71 bits per heavy atom. The van der Waals surface area contributed by atoms with Crippen molar-refractivity contribution in [2.24, 2.45) is 5.92 Å². The number of carbonyl (C=O) groups is 1. The van der Waals surface area contributed by atoms with Gasteiger partial charge in [-0.25, -0.2) is 8.42 Å². The lowest BCUT2D eigenvalue weighted by Gasteiger charge is -2.26. The summed E-state index contributed by atoms with van der Waals surface area (Å²) in [5, 5.41) is 2.85. The summed E-state index contributed by atoms with van der Waals surface area (Å²) in [6, 6.07) is 6.46. The van der Waals surface area contributed by atoms with Gasteiger partial charge < -0.3 is 10.1 Å². The molecule has 1 saturated heterocycles. The van der Waals surface area contributed by atoms with Crippen molar-refractivity contribution in [2.45, 2.75) is 24.2 Å². The monoisotopic (exact) mass is 350 g/mol. The van der Waals surface area contributed by atoms with Crippen LogP contribution in [-0.2, 0) is 19.6 Å². The zero-order chi connectivity index (χ0) is 17.0. The van der Waals surface area contributed by atoms with E-state index in [2.05, 4.69) is 11.4 Å². The van der Waals surface area contributed by atoms with E-state index in [0.29, 0.717) is 32.0 Å². The molecule has 2 aliphatic rings. The van der Waals surface area contributed by atoms with Crippen LogP contribution in [0.3, 0.4) is 0 Å². The molecule has 1 N–H and O–H groups in total. The lowest BCUT2D eigenvalue weighted by atomic mass is 9.93. The number of carbonyl (C=O) groups excluding carboxylic acids is 1. The Morgan fingerprint density at radius 1 is 1.21 bits per heavy atom. The molecule has 6 nitrogen and oxygen atoms in total. The number of hydrogen-bond acceptors (Lipinski definition) is 4. The highest BCUT2D eigenvalue weighted by Crippen LogP contribution is 2.23. The van der Waals surface area contributed by atoms with Crippen molar-refractivity contribution in [1.29, 1.82) is 0 Å². The second-order valence-corrected chi connectivity index (χ2v) is 7.95. The normalized spacial score (nSPS) is 22.2. The Labute approximate surface area is 142 Å². The van der Waals surface area contributed by atoms with E-state index >= 15 is 0 Å². The highest BCUT2D eigenvalue weighted by atomic mass is 32.2. The number of allylic oxidation sites excluding steroid dienone is 2. The average Bonchev–Trinajstić information content (AvgIpc) is 2.63. The van der Waals surface area contributed by atoms with Crippen molar-refractivity contribution in [3.05, 3.63) is 36.4 Å². The molecule has 1 heterocycles. The fourth-order valence-electron chi connectivity index (χ4n) is 2.95. The van der Waals surface area contributed by atoms with Crippen molar-refractivity contribution in [1.82, 2.24) is 4.31 Å². The van der Waals surface area contributed by atoms with Crippen LogP contribution in [0.25, 0.3) is 0 Å². The van der Waals surface area contributed by atoms with Crippen LogP contribution in [0.15, 0.2) is 41.3 Å². The molecule has 130 valence electrons. The Bertz CT molecular complexity index is 724. The van der Waals surface area contributed by atoms with Gasteiger partial charge in [0.25, 0.3) is 0 Å². The van der Waals surface area contributed by atoms with Crippen LogP contribution < -0.4 is 5.32 Å². The minimum absolute atomic E-state index is 0.0468. The number of sulfonamides is 1. The third-order valence-electron chi connectivity index (χ3n) is 4.35. The summed E-state index contributed by atoms with van der Waals surface area (Å²) in [5.41, 5.74) is 0.517. The number of amides is 1. The standard InChI is InChI=1S/C17H22N2O4S/c20-17(14-5-2-1-3-6-14)18-15-7-4-8-16(13-15)24(21,22)19-9-11-23-12-10-19/h1-2,4,7-8,13-14H,3,5-6,9-12H2,(H,18,20). The molecule has 1 unspecified atom stereocenters. The summed E-state index contributed by atoms with van der Waals surface area (Å²) in [5.74, 6) is -0.102. The molecule has 0 radical (unpaired) electrons. The molecule has 0 bridgehead atoms. The van der Waals surface area contributed by atoms with Crippen molar-refractivity contribution in [3.8, 4) is 0 Å². The second kappa shape index (κ2) is 7.46. The number of hydrogen-bond donors (Lipinski definition) is 1. The van der Waals surface area contributed by atoms with Gasteiger partial charge in [-0.1, -0.05) is 18.2 Å². The van der Waals surface area contributed by atoms with Gasteiger partial charge in [-0.3, -0.25) is 4.79 Å². The summed E-state index contributed by atoms with van der Waals surface area (Å²) in [6.07, 6.45) is 6.57. The molecule has 1 aliphatic heterocycles. The zero-order valence-corrected chi connectivity index (χ0v) is 14.3. The van der Waals surface area contributed by atoms with Gasteiger partial charge in [0.2, 0.25) is 15.9 Å². The van der Waals surface area contributed by atoms with E-state index in [0.717, 1.165) is 19.3 Å². The minimum Gasteiger partial charge on any atom is -0.379 e. The van der Waals surface area contributed by atoms with Crippen molar-refractivity contribution in [3.63, 3.8) is 0 Å². The minimum atomic E-state index is -3.55. The zero-order valence-electron chi connectivity index (χ0n) is 13.5. The van der Waals surface area contributed by atoms with E-state index in [9.17, 15) is 13.2 Å². The predicted octanol–water partition coefficient (Wildman–Crippen LogP) is 2.00. The molecular weight excluding hydrogens is 328 g/mol. The Kier molecular flexibility index (Phi) is 5.33. The lowest BCUT2D eigenvalue weighted by molar-refractivity contribution is -0.120. The van der Waals surface area contributed by atoms with Gasteiger partial charge in [-0.05, 0) is 37.5 Å². The maximum atomic E-state index is 12.7. The number of ether oxygens (including phenoxy) is 1. The average molecular weight is 350 g/mol. The number of anilines is 1. The van der Waals surface area contributed by atoms with Crippen LogP contribution in [0.4, 0.5) is 5.69 Å². The largest absolute Gasteiger partial charge is 0.379 e. The molecular formula is C17H22N2O4S. The highest BCUT2D eigenvalue weighted by molar-refractivity contribution is 7.89. The summed E-state index contributed by atoms with van der Waals surface area (Å²) in [4.78, 5) is 12.5. The SMILES string of the molecule is O=C(Nc1cccc(S(=O)(=O)N2CCOCC2)c1)C1CC=CCC1. The first-order valence-electron chi connectivity index (χ1n) is 8.21. The summed E-state index contributed by atoms with van der Waals surface area (Å²) in [7, 11) is -3.55. The lowest BCUT2D eigenvalue weighted by Crippen LogP contribution is -2.40. The van der Waals surface area contributed by atoms with E-state index in [1.165, 1.54) is 10.4 Å². The summed E-state index contributed by atoms with van der Waals surface area (Å²) < 4.78 is 32.0. The van der Waals surface area contributed by atoms with Crippen LogP contribution in [-0.4, -0.2) is 44.9 Å². The maximum Gasteiger partial charge on any atom is 0.243 e. The van der Waals surface area contributed by atoms with Gasteiger partial charge in [-0.15, -0.1) is 0 Å². The van der Waals surface area contributed by atoms with Gasteiger partial charge in [-0.2, -0.15) is 4.31 Å². The van der Waals surface area contributed by atoms with Crippen molar-refractivity contribution < 1.29 is 17.9 Å². The Hall–Kier alpha value is -1.70. The van der Waals surface area contributed by atoms with E-state index in [1.807, 2.05) is 6.08 Å². The Morgan fingerprint density at radius 2 is 2.00 bits per heavy atom. The van der Waals surface area contributed by atoms with Crippen LogP contribution in [0.2, 0.25) is 0 Å². The van der Waals surface area contributed by atoms with Gasteiger partial charge in [0, 0.05) is 24.7 Å². The topological polar surface area (TPSA) is 75.7 Å². The molecule has 1 amide bonds. The number of nitrogens with one attached hydrogen (secondary N) is 1. The molecule has 0 spiro atoms. The fraction of sp³-hybridized carbons (Fsp3) is 0.471. The van der Waals surface area contributed by atoms with Crippen molar-refractivity contribution in [2.75, 3.05) is 31.6 Å². The Balaban J connectivity index is 1.73. The quantitative estimate of drug-likeness (QED) is 0.843. The first kappa shape index (κ1) is 17.1. The number of benzene rings is 1. The molecule has 1 fully saturated rings. The molecule has 0 aromatic heterocycles. The molecule has 7 heteroatoms. The third kappa shape index (κ3) is 3.85. The number of nitrogens with zero attached hydrogens (tertiary/aromatic N) is 1. The van der Waals surface area contributed by atoms with Gasteiger partial charge in [0.15, 0.2) is 0 Å². The highest BCUT2D eigenvalue weighted by Gasteiger charge is 2.26. The van der Waals surface area contributed by atoms with Gasteiger partial charge >= 0.3 is 0 Å². The number of rotatable bonds is 4. The van der Waals surface area contributed by atoms with E-state index < -0.39 is 10.0 Å². The number of morpholine rings is 1. The van der Waals surface area contributed by atoms with Crippen molar-refractivity contribution >= 4 is 21.6 Å². The van der Waals surface area contributed by atoms with E-state index in [4.69, 9.17) is 4.74 Å². The van der Waals surface area contributed by atoms with E-state index in [1.54, 1.807) is 18.2 Å². The van der Waals surface area contributed by atoms with Gasteiger partial charge in [0.1, 0.15) is 0 Å². The summed E-state index contributed by atoms with van der Waals surface area (Å²) >= 11 is 0. The smallest absolute Gasteiger partial charge is 0.243 e. The molecule has 0 saturated carbocycles. The first-order valence-corrected chi connectivity index (χ1v) is 9.65. The van der Waals surface area contributed by atoms with Crippen LogP contribution in [0.5, 0.6) is 0 Å². The second-order valence-electron chi connectivity index (χ2n) is 6.01. The van der Waals surface area contributed by atoms with Crippen LogP contribution in [0.1, 0.15) is 19.3 Å². The van der Waals surface area contributed by atoms with E-state index in [-0.39, 0.29) is 16.7 Å². The summed E-state index contributed by atoms with van der Waals surface area (Å²) in [6.45, 7) is 1.52. The molecule has 1 aromatic rings. The first-order chi connectivity index (χ1) is 11.6. The molecule has 1 aromatic carbocycles. The fourth-order valence-corrected chi connectivity index (χ4v) is 4.40. The van der Waals surface area contributed by atoms with Crippen LogP contribution in [0, 0.1) is 5.92 Å². The predicted molar refractivity (Wildman–Crippen MR) is 91.1 cm³/mol. The van der Waals surface area contributed by atoms with Gasteiger partial charge in [0.05, 0.1) is 18.1 Å².